The van der Waals surface area contributed by atoms with Crippen LogP contribution in [0.1, 0.15) is 37.0 Å². The Morgan fingerprint density at radius 3 is 1.78 bits per heavy atom. The predicted octanol–water partition coefficient (Wildman–Crippen LogP) is 3.11. The first-order chi connectivity index (χ1) is 21.7. The minimum absolute atomic E-state index is 0.0701. The van der Waals surface area contributed by atoms with Crippen molar-refractivity contribution in [2.24, 2.45) is 11.7 Å². The summed E-state index contributed by atoms with van der Waals surface area (Å²) in [5, 5.41) is 19.1. The van der Waals surface area contributed by atoms with Crippen LogP contribution in [-0.4, -0.2) is 57.9 Å². The van der Waals surface area contributed by atoms with E-state index in [4.69, 9.17) is 5.73 Å². The molecule has 1 aromatic heterocycles. The Balaban J connectivity index is 1.60. The molecular weight excluding hydrogens is 570 g/mol. The average molecular weight is 612 g/mol. The van der Waals surface area contributed by atoms with Crippen LogP contribution in [-0.2, 0) is 38.4 Å². The molecule has 0 aliphatic carbocycles. The molecule has 0 spiro atoms. The first-order valence-corrected chi connectivity index (χ1v) is 15.2. The summed E-state index contributed by atoms with van der Waals surface area (Å²) < 4.78 is 0. The van der Waals surface area contributed by atoms with E-state index in [-0.39, 0.29) is 25.2 Å². The normalized spacial score (nSPS) is 14.5. The van der Waals surface area contributed by atoms with Gasteiger partial charge >= 0.3 is 5.97 Å². The van der Waals surface area contributed by atoms with Crippen LogP contribution in [0.15, 0.2) is 91.1 Å². The van der Waals surface area contributed by atoms with E-state index in [0.29, 0.717) is 6.42 Å². The van der Waals surface area contributed by atoms with E-state index in [1.54, 1.807) is 30.5 Å². The van der Waals surface area contributed by atoms with Gasteiger partial charge in [0.1, 0.15) is 18.1 Å². The molecule has 3 aromatic carbocycles. The summed E-state index contributed by atoms with van der Waals surface area (Å²) in [4.78, 5) is 56.1. The maximum absolute atomic E-state index is 13.9. The number of aliphatic carboxylic acids is 1. The van der Waals surface area contributed by atoms with Crippen molar-refractivity contribution in [3.05, 3.63) is 108 Å². The number of carbonyl (C=O) groups is 4. The molecule has 10 nitrogen and oxygen atoms in total. The van der Waals surface area contributed by atoms with Gasteiger partial charge < -0.3 is 31.8 Å². The molecule has 4 rings (SSSR count). The Bertz CT molecular complexity index is 1590. The second kappa shape index (κ2) is 15.7. The summed E-state index contributed by atoms with van der Waals surface area (Å²) in [6.45, 7) is 3.80. The van der Waals surface area contributed by atoms with Crippen LogP contribution in [0, 0.1) is 5.92 Å². The molecule has 45 heavy (non-hydrogen) atoms. The van der Waals surface area contributed by atoms with Crippen LogP contribution < -0.4 is 21.7 Å². The van der Waals surface area contributed by atoms with Gasteiger partial charge in [0.25, 0.3) is 0 Å². The van der Waals surface area contributed by atoms with E-state index >= 15 is 0 Å². The molecule has 0 saturated heterocycles. The maximum atomic E-state index is 13.9. The zero-order valence-corrected chi connectivity index (χ0v) is 25.5. The fourth-order valence-electron chi connectivity index (χ4n) is 5.16. The van der Waals surface area contributed by atoms with Crippen molar-refractivity contribution < 1.29 is 24.3 Å². The molecule has 0 aliphatic heterocycles. The molecule has 0 fully saturated rings. The van der Waals surface area contributed by atoms with Gasteiger partial charge in [-0.05, 0) is 28.7 Å². The van der Waals surface area contributed by atoms with Gasteiger partial charge in [0, 0.05) is 36.4 Å². The molecule has 3 amide bonds. The van der Waals surface area contributed by atoms with E-state index in [0.717, 1.165) is 27.6 Å². The summed E-state index contributed by atoms with van der Waals surface area (Å²) in [6.07, 6.45) is 2.79. The van der Waals surface area contributed by atoms with E-state index in [2.05, 4.69) is 20.9 Å². The molecule has 5 atom stereocenters. The standard InChI is InChI=1S/C35H41N5O5/c1-3-22(2)31(36)34(43)39-29(20-25-21-37-27-17-11-10-16-26(25)27)33(42)38-28(18-23-12-6-4-7-13-23)32(41)40-30(35(44)45)19-24-14-8-5-9-15-24/h4-17,21-22,28-31,37H,3,18-20,36H2,1-2H3,(H,38,42)(H,39,43)(H,40,41)(H,44,45). The van der Waals surface area contributed by atoms with Gasteiger partial charge in [-0.3, -0.25) is 14.4 Å². The largest absolute Gasteiger partial charge is 0.480 e. The van der Waals surface area contributed by atoms with Crippen molar-refractivity contribution in [3.63, 3.8) is 0 Å². The topological polar surface area (TPSA) is 166 Å². The first kappa shape index (κ1) is 32.9. The molecule has 0 radical (unpaired) electrons. The van der Waals surface area contributed by atoms with Crippen molar-refractivity contribution in [3.8, 4) is 0 Å². The number of rotatable bonds is 15. The molecular formula is C35H41N5O5. The number of nitrogens with two attached hydrogens (primary N) is 1. The van der Waals surface area contributed by atoms with Gasteiger partial charge in [-0.15, -0.1) is 0 Å². The molecule has 0 aliphatic rings. The Kier molecular flexibility index (Phi) is 11.5. The summed E-state index contributed by atoms with van der Waals surface area (Å²) >= 11 is 0. The highest BCUT2D eigenvalue weighted by molar-refractivity contribution is 5.95. The monoisotopic (exact) mass is 611 g/mol. The first-order valence-electron chi connectivity index (χ1n) is 15.2. The lowest BCUT2D eigenvalue weighted by Gasteiger charge is -2.26. The van der Waals surface area contributed by atoms with Gasteiger partial charge in [-0.25, -0.2) is 4.79 Å². The Morgan fingerprint density at radius 1 is 0.711 bits per heavy atom. The summed E-state index contributed by atoms with van der Waals surface area (Å²) in [6, 6.07) is 21.5. The molecule has 0 bridgehead atoms. The number of carboxylic acids is 1. The van der Waals surface area contributed by atoms with Crippen molar-refractivity contribution in [1.29, 1.82) is 0 Å². The number of H-pyrrole nitrogens is 1. The lowest BCUT2D eigenvalue weighted by Crippen LogP contribution is -2.58. The average Bonchev–Trinajstić information content (AvgIpc) is 3.46. The third kappa shape index (κ3) is 9.02. The lowest BCUT2D eigenvalue weighted by molar-refractivity contribution is -0.142. The predicted molar refractivity (Wildman–Crippen MR) is 173 cm³/mol. The SMILES string of the molecule is CCC(C)C(N)C(=O)NC(Cc1c[nH]c2ccccc12)C(=O)NC(Cc1ccccc1)C(=O)NC(Cc1ccccc1)C(=O)O. The van der Waals surface area contributed by atoms with Crippen LogP contribution >= 0.6 is 0 Å². The Morgan fingerprint density at radius 2 is 1.20 bits per heavy atom. The summed E-state index contributed by atoms with van der Waals surface area (Å²) in [7, 11) is 0. The number of carbonyl (C=O) groups excluding carboxylic acids is 3. The summed E-state index contributed by atoms with van der Waals surface area (Å²) in [5.74, 6) is -3.02. The molecule has 1 heterocycles. The number of hydrogen-bond donors (Lipinski definition) is 6. The number of carboxylic acid groups (broad SMARTS) is 1. The van der Waals surface area contributed by atoms with E-state index in [9.17, 15) is 24.3 Å². The lowest BCUT2D eigenvalue weighted by atomic mass is 9.97. The smallest absolute Gasteiger partial charge is 0.326 e. The number of hydrogen-bond acceptors (Lipinski definition) is 5. The Labute approximate surface area is 262 Å². The number of benzene rings is 3. The second-order valence-electron chi connectivity index (χ2n) is 11.4. The number of fused-ring (bicyclic) bond motifs is 1. The van der Waals surface area contributed by atoms with Gasteiger partial charge in [0.05, 0.1) is 6.04 Å². The van der Waals surface area contributed by atoms with Gasteiger partial charge in [-0.2, -0.15) is 0 Å². The molecule has 5 unspecified atom stereocenters. The molecule has 4 aromatic rings. The maximum Gasteiger partial charge on any atom is 0.326 e. The fraction of sp³-hybridized carbons (Fsp3) is 0.314. The third-order valence-electron chi connectivity index (χ3n) is 8.10. The number of amides is 3. The van der Waals surface area contributed by atoms with E-state index in [1.807, 2.05) is 74.5 Å². The third-order valence-corrected chi connectivity index (χ3v) is 8.10. The molecule has 7 N–H and O–H groups in total. The van der Waals surface area contributed by atoms with Crippen LogP contribution in [0.3, 0.4) is 0 Å². The second-order valence-corrected chi connectivity index (χ2v) is 11.4. The molecule has 236 valence electrons. The zero-order valence-electron chi connectivity index (χ0n) is 25.5. The molecule has 0 saturated carbocycles. The number of para-hydroxylation sites is 1. The highest BCUT2D eigenvalue weighted by Gasteiger charge is 2.32. The number of aromatic nitrogens is 1. The van der Waals surface area contributed by atoms with Crippen molar-refractivity contribution >= 4 is 34.6 Å². The number of nitrogens with one attached hydrogen (secondary N) is 4. The summed E-state index contributed by atoms with van der Waals surface area (Å²) in [5.41, 5.74) is 9.41. The van der Waals surface area contributed by atoms with Gasteiger partial charge in [-0.1, -0.05) is 99.1 Å². The highest BCUT2D eigenvalue weighted by atomic mass is 16.4. The molecule has 10 heteroatoms. The minimum Gasteiger partial charge on any atom is -0.480 e. The van der Waals surface area contributed by atoms with Crippen molar-refractivity contribution in [1.82, 2.24) is 20.9 Å². The fourth-order valence-corrected chi connectivity index (χ4v) is 5.16. The number of aromatic amines is 1. The zero-order chi connectivity index (χ0) is 32.3. The van der Waals surface area contributed by atoms with Gasteiger partial charge in [0.15, 0.2) is 0 Å². The van der Waals surface area contributed by atoms with Gasteiger partial charge in [0.2, 0.25) is 17.7 Å². The van der Waals surface area contributed by atoms with Crippen LogP contribution in [0.25, 0.3) is 10.9 Å². The minimum atomic E-state index is -1.22. The van der Waals surface area contributed by atoms with Crippen molar-refractivity contribution in [2.75, 3.05) is 0 Å². The van der Waals surface area contributed by atoms with Crippen LogP contribution in [0.5, 0.6) is 0 Å². The van der Waals surface area contributed by atoms with E-state index in [1.165, 1.54) is 0 Å². The quantitative estimate of drug-likeness (QED) is 0.121. The van der Waals surface area contributed by atoms with Crippen LogP contribution in [0.2, 0.25) is 0 Å². The van der Waals surface area contributed by atoms with Crippen LogP contribution in [0.4, 0.5) is 0 Å². The highest BCUT2D eigenvalue weighted by Crippen LogP contribution is 2.20. The Hall–Kier alpha value is -4.96. The van der Waals surface area contributed by atoms with Crippen molar-refractivity contribution in [2.45, 2.75) is 63.7 Å². The van der Waals surface area contributed by atoms with E-state index < -0.39 is 47.9 Å².